The van der Waals surface area contributed by atoms with Crippen LogP contribution in [0.25, 0.3) is 16.7 Å². The van der Waals surface area contributed by atoms with Crippen molar-refractivity contribution in [3.05, 3.63) is 72.3 Å². The first-order valence-electron chi connectivity index (χ1n) is 11.2. The Morgan fingerprint density at radius 2 is 1.80 bits per heavy atom. The van der Waals surface area contributed by atoms with E-state index in [9.17, 15) is 8.78 Å². The highest BCUT2D eigenvalue weighted by atomic mass is 19.2. The van der Waals surface area contributed by atoms with Gasteiger partial charge in [-0.25, -0.2) is 4.39 Å². The zero-order chi connectivity index (χ0) is 21.1. The van der Waals surface area contributed by atoms with Gasteiger partial charge in [0.25, 0.3) is 0 Å². The van der Waals surface area contributed by atoms with Crippen molar-refractivity contribution in [2.75, 3.05) is 6.61 Å². The Bertz CT molecular complexity index is 929. The summed E-state index contributed by atoms with van der Waals surface area (Å²) in [6.07, 6.45) is 11.1. The molecule has 2 aromatic carbocycles. The van der Waals surface area contributed by atoms with E-state index in [0.717, 1.165) is 11.8 Å². The van der Waals surface area contributed by atoms with Gasteiger partial charge in [0.2, 0.25) is 5.82 Å². The molecule has 0 bridgehead atoms. The van der Waals surface area contributed by atoms with Crippen molar-refractivity contribution in [3.8, 4) is 16.9 Å². The van der Waals surface area contributed by atoms with Crippen LogP contribution in [0, 0.1) is 29.4 Å². The molecular formula is C27H30F2O. The molecule has 4 rings (SSSR count). The first-order valence-corrected chi connectivity index (χ1v) is 11.2. The molecule has 0 spiro atoms. The first-order chi connectivity index (χ1) is 14.6. The van der Waals surface area contributed by atoms with E-state index in [2.05, 4.69) is 31.7 Å². The van der Waals surface area contributed by atoms with Crippen molar-refractivity contribution in [2.24, 2.45) is 17.8 Å². The number of rotatable bonds is 8. The summed E-state index contributed by atoms with van der Waals surface area (Å²) in [6.45, 7) is 6.16. The van der Waals surface area contributed by atoms with Gasteiger partial charge < -0.3 is 4.74 Å². The lowest BCUT2D eigenvalue weighted by Crippen LogP contribution is -2.10. The molecule has 0 aromatic heterocycles. The Labute approximate surface area is 178 Å². The number of fused-ring (bicyclic) bond motifs is 1. The minimum Gasteiger partial charge on any atom is -0.490 e. The van der Waals surface area contributed by atoms with Crippen molar-refractivity contribution in [1.29, 1.82) is 0 Å². The molecule has 0 aliphatic heterocycles. The minimum absolute atomic E-state index is 0.0558. The van der Waals surface area contributed by atoms with Crippen LogP contribution in [0.5, 0.6) is 5.75 Å². The van der Waals surface area contributed by atoms with Gasteiger partial charge in [-0.05, 0) is 72.3 Å². The van der Waals surface area contributed by atoms with E-state index >= 15 is 0 Å². The largest absolute Gasteiger partial charge is 0.490 e. The molecule has 1 fully saturated rings. The lowest BCUT2D eigenvalue weighted by molar-refractivity contribution is 0.302. The van der Waals surface area contributed by atoms with E-state index in [1.54, 1.807) is 12.1 Å². The van der Waals surface area contributed by atoms with Crippen molar-refractivity contribution >= 4 is 5.57 Å². The zero-order valence-electron chi connectivity index (χ0n) is 17.7. The monoisotopic (exact) mass is 408 g/mol. The number of hydrogen-bond donors (Lipinski definition) is 0. The van der Waals surface area contributed by atoms with Crippen LogP contribution in [0.1, 0.15) is 51.0 Å². The topological polar surface area (TPSA) is 9.23 Å². The Hall–Kier alpha value is -2.42. The van der Waals surface area contributed by atoms with Gasteiger partial charge in [-0.2, -0.15) is 4.39 Å². The van der Waals surface area contributed by atoms with Gasteiger partial charge in [0.05, 0.1) is 6.61 Å². The predicted molar refractivity (Wildman–Crippen MR) is 119 cm³/mol. The second-order valence-corrected chi connectivity index (χ2v) is 8.53. The average Bonchev–Trinajstić information content (AvgIpc) is 3.35. The molecule has 0 radical (unpaired) electrons. The number of ether oxygens (including phenoxy) is 1. The number of hydrogen-bond acceptors (Lipinski definition) is 1. The number of allylic oxidation sites excluding steroid dienone is 2. The van der Waals surface area contributed by atoms with Crippen molar-refractivity contribution in [2.45, 2.75) is 45.4 Å². The normalized spacial score (nSPS) is 22.6. The molecule has 2 aliphatic carbocycles. The third-order valence-electron chi connectivity index (χ3n) is 6.80. The third kappa shape index (κ3) is 3.95. The predicted octanol–water partition coefficient (Wildman–Crippen LogP) is 7.82. The number of halogens is 2. The molecule has 0 heterocycles. The van der Waals surface area contributed by atoms with Crippen LogP contribution in [0.4, 0.5) is 8.78 Å². The zero-order valence-corrected chi connectivity index (χ0v) is 17.7. The number of benzene rings is 2. The van der Waals surface area contributed by atoms with Crippen LogP contribution in [-0.2, 0) is 0 Å². The van der Waals surface area contributed by atoms with E-state index < -0.39 is 11.6 Å². The molecule has 0 N–H and O–H groups in total. The van der Waals surface area contributed by atoms with Crippen LogP contribution >= 0.6 is 0 Å². The van der Waals surface area contributed by atoms with E-state index in [1.807, 2.05) is 12.1 Å². The maximum absolute atomic E-state index is 14.7. The van der Waals surface area contributed by atoms with E-state index in [-0.39, 0.29) is 17.9 Å². The maximum Gasteiger partial charge on any atom is 0.201 e. The standard InChI is InChI=1S/C27H30F2O/c1-3-5-17-30-25-16-15-23(26(28)27(25)29)20-9-7-19(8-10-20)22-14-13-21-18(6-4-2)11-12-24(21)22/h3,7-10,14-16,18,21,24H,1,4-6,11-13,17H2,2H3. The quantitative estimate of drug-likeness (QED) is 0.320. The Morgan fingerprint density at radius 1 is 1.03 bits per heavy atom. The second-order valence-electron chi connectivity index (χ2n) is 8.53. The highest BCUT2D eigenvalue weighted by Crippen LogP contribution is 2.52. The van der Waals surface area contributed by atoms with Gasteiger partial charge in [-0.15, -0.1) is 6.58 Å². The van der Waals surface area contributed by atoms with Crippen LogP contribution in [0.2, 0.25) is 0 Å². The molecule has 30 heavy (non-hydrogen) atoms. The van der Waals surface area contributed by atoms with Gasteiger partial charge in [-0.3, -0.25) is 0 Å². The summed E-state index contributed by atoms with van der Waals surface area (Å²) in [5.41, 5.74) is 3.60. The van der Waals surface area contributed by atoms with E-state index in [1.165, 1.54) is 49.3 Å². The van der Waals surface area contributed by atoms with Crippen LogP contribution in [-0.4, -0.2) is 6.61 Å². The fourth-order valence-electron chi connectivity index (χ4n) is 5.33. The van der Waals surface area contributed by atoms with Gasteiger partial charge in [0.1, 0.15) is 0 Å². The molecule has 3 atom stereocenters. The Kier molecular flexibility index (Phi) is 6.36. The Morgan fingerprint density at radius 3 is 2.53 bits per heavy atom. The molecule has 3 unspecified atom stereocenters. The summed E-state index contributed by atoms with van der Waals surface area (Å²) in [4.78, 5) is 0. The minimum atomic E-state index is -0.935. The molecule has 0 saturated heterocycles. The van der Waals surface area contributed by atoms with Crippen LogP contribution in [0.3, 0.4) is 0 Å². The SMILES string of the molecule is C=CCCOc1ccc(-c2ccc(C3=CCC4C(CCC)CCC34)cc2)c(F)c1F. The van der Waals surface area contributed by atoms with Crippen molar-refractivity contribution in [1.82, 2.24) is 0 Å². The molecule has 0 amide bonds. The summed E-state index contributed by atoms with van der Waals surface area (Å²) in [5.74, 6) is 0.456. The summed E-state index contributed by atoms with van der Waals surface area (Å²) >= 11 is 0. The molecule has 1 saturated carbocycles. The summed E-state index contributed by atoms with van der Waals surface area (Å²) < 4.78 is 34.4. The van der Waals surface area contributed by atoms with Crippen molar-refractivity contribution < 1.29 is 13.5 Å². The van der Waals surface area contributed by atoms with E-state index in [4.69, 9.17) is 4.74 Å². The fourth-order valence-corrected chi connectivity index (χ4v) is 5.33. The maximum atomic E-state index is 14.7. The fraction of sp³-hybridized carbons (Fsp3) is 0.407. The summed E-state index contributed by atoms with van der Waals surface area (Å²) in [5, 5.41) is 0. The smallest absolute Gasteiger partial charge is 0.201 e. The summed E-state index contributed by atoms with van der Waals surface area (Å²) in [7, 11) is 0. The summed E-state index contributed by atoms with van der Waals surface area (Å²) in [6, 6.07) is 11.0. The van der Waals surface area contributed by atoms with E-state index in [0.29, 0.717) is 17.9 Å². The lowest BCUT2D eigenvalue weighted by Gasteiger charge is -2.19. The Balaban J connectivity index is 1.51. The lowest BCUT2D eigenvalue weighted by atomic mass is 9.85. The van der Waals surface area contributed by atoms with Crippen LogP contribution < -0.4 is 4.74 Å². The molecular weight excluding hydrogens is 378 g/mol. The average molecular weight is 409 g/mol. The van der Waals surface area contributed by atoms with Gasteiger partial charge in [0.15, 0.2) is 11.6 Å². The molecule has 2 aliphatic rings. The third-order valence-corrected chi connectivity index (χ3v) is 6.80. The van der Waals surface area contributed by atoms with Crippen LogP contribution in [0.15, 0.2) is 55.1 Å². The van der Waals surface area contributed by atoms with Gasteiger partial charge in [0, 0.05) is 5.56 Å². The highest BCUT2D eigenvalue weighted by Gasteiger charge is 2.40. The highest BCUT2D eigenvalue weighted by molar-refractivity contribution is 5.73. The second kappa shape index (κ2) is 9.16. The molecule has 158 valence electrons. The van der Waals surface area contributed by atoms with Gasteiger partial charge >= 0.3 is 0 Å². The first kappa shape index (κ1) is 20.8. The molecule has 1 nitrogen and oxygen atoms in total. The van der Waals surface area contributed by atoms with Crippen molar-refractivity contribution in [3.63, 3.8) is 0 Å². The van der Waals surface area contributed by atoms with Gasteiger partial charge in [-0.1, -0.05) is 56.2 Å². The molecule has 2 aromatic rings. The molecule has 3 heteroatoms.